The van der Waals surface area contributed by atoms with Crippen LogP contribution in [0.3, 0.4) is 0 Å². The van der Waals surface area contributed by atoms with Gasteiger partial charge in [0.15, 0.2) is 0 Å². The minimum Gasteiger partial charge on any atom is -0.378 e. The Morgan fingerprint density at radius 1 is 1.33 bits per heavy atom. The maximum atomic E-state index is 12.3. The molecular weight excluding hydrogens is 252 g/mol. The van der Waals surface area contributed by atoms with Gasteiger partial charge >= 0.3 is 0 Å². The number of amides is 1. The van der Waals surface area contributed by atoms with Crippen molar-refractivity contribution in [2.45, 2.75) is 0 Å². The number of H-pyrrole nitrogens is 1. The third-order valence-electron chi connectivity index (χ3n) is 3.13. The van der Waals surface area contributed by atoms with Crippen LogP contribution in [0.2, 0.25) is 5.02 Å². The molecule has 0 bridgehead atoms. The highest BCUT2D eigenvalue weighted by atomic mass is 35.5. The van der Waals surface area contributed by atoms with Gasteiger partial charge < -0.3 is 14.6 Å². The molecule has 4 nitrogen and oxygen atoms in total. The zero-order valence-electron chi connectivity index (χ0n) is 9.78. The van der Waals surface area contributed by atoms with Crippen molar-refractivity contribution < 1.29 is 9.53 Å². The second-order valence-electron chi connectivity index (χ2n) is 4.29. The number of rotatable bonds is 1. The molecule has 1 N–H and O–H groups in total. The van der Waals surface area contributed by atoms with Crippen molar-refractivity contribution in [3.63, 3.8) is 0 Å². The molecule has 2 heterocycles. The predicted molar refractivity (Wildman–Crippen MR) is 70.0 cm³/mol. The van der Waals surface area contributed by atoms with Gasteiger partial charge in [0, 0.05) is 18.5 Å². The lowest BCUT2D eigenvalue weighted by atomic mass is 10.2. The fourth-order valence-corrected chi connectivity index (χ4v) is 2.40. The molecule has 1 saturated heterocycles. The van der Waals surface area contributed by atoms with E-state index >= 15 is 0 Å². The van der Waals surface area contributed by atoms with Gasteiger partial charge in [0.2, 0.25) is 0 Å². The monoisotopic (exact) mass is 264 g/mol. The first-order valence-electron chi connectivity index (χ1n) is 5.90. The number of benzene rings is 1. The molecule has 2 aromatic rings. The van der Waals surface area contributed by atoms with Crippen molar-refractivity contribution in [2.75, 3.05) is 26.3 Å². The van der Waals surface area contributed by atoms with E-state index in [0.717, 1.165) is 10.9 Å². The van der Waals surface area contributed by atoms with E-state index in [1.165, 1.54) is 0 Å². The maximum absolute atomic E-state index is 12.3. The number of nitrogens with one attached hydrogen (secondary N) is 1. The van der Waals surface area contributed by atoms with Crippen LogP contribution < -0.4 is 0 Å². The van der Waals surface area contributed by atoms with E-state index in [1.807, 2.05) is 24.3 Å². The van der Waals surface area contributed by atoms with Crippen LogP contribution >= 0.6 is 11.6 Å². The number of hydrogen-bond donors (Lipinski definition) is 1. The summed E-state index contributed by atoms with van der Waals surface area (Å²) in [6, 6.07) is 7.47. The van der Waals surface area contributed by atoms with Crippen molar-refractivity contribution in [3.8, 4) is 0 Å². The van der Waals surface area contributed by atoms with E-state index in [-0.39, 0.29) is 5.91 Å². The number of fused-ring (bicyclic) bond motifs is 1. The van der Waals surface area contributed by atoms with Crippen molar-refractivity contribution in [3.05, 3.63) is 35.0 Å². The van der Waals surface area contributed by atoms with Gasteiger partial charge in [0.05, 0.1) is 23.8 Å². The number of carbonyl (C=O) groups is 1. The van der Waals surface area contributed by atoms with Crippen LogP contribution in [0.5, 0.6) is 0 Å². The SMILES string of the molecule is O=C(c1cc2cccc(Cl)c2[nH]1)N1CCOCC1. The lowest BCUT2D eigenvalue weighted by Gasteiger charge is -2.26. The van der Waals surface area contributed by atoms with Crippen molar-refractivity contribution in [1.82, 2.24) is 9.88 Å². The molecule has 1 fully saturated rings. The highest BCUT2D eigenvalue weighted by Gasteiger charge is 2.20. The summed E-state index contributed by atoms with van der Waals surface area (Å²) < 4.78 is 5.24. The van der Waals surface area contributed by atoms with E-state index in [1.54, 1.807) is 4.90 Å². The molecule has 18 heavy (non-hydrogen) atoms. The van der Waals surface area contributed by atoms with E-state index in [2.05, 4.69) is 4.98 Å². The quantitative estimate of drug-likeness (QED) is 0.859. The van der Waals surface area contributed by atoms with E-state index in [4.69, 9.17) is 16.3 Å². The largest absolute Gasteiger partial charge is 0.378 e. The number of aromatic nitrogens is 1. The summed E-state index contributed by atoms with van der Waals surface area (Å²) in [5, 5.41) is 1.59. The molecule has 94 valence electrons. The maximum Gasteiger partial charge on any atom is 0.270 e. The van der Waals surface area contributed by atoms with Crippen molar-refractivity contribution in [2.24, 2.45) is 0 Å². The number of nitrogens with zero attached hydrogens (tertiary/aromatic N) is 1. The van der Waals surface area contributed by atoms with Gasteiger partial charge in [-0.1, -0.05) is 23.7 Å². The average molecular weight is 265 g/mol. The highest BCUT2D eigenvalue weighted by Crippen LogP contribution is 2.24. The zero-order valence-corrected chi connectivity index (χ0v) is 10.5. The zero-order chi connectivity index (χ0) is 12.5. The Morgan fingerprint density at radius 2 is 2.11 bits per heavy atom. The second kappa shape index (κ2) is 4.63. The van der Waals surface area contributed by atoms with Crippen molar-refractivity contribution in [1.29, 1.82) is 0 Å². The third-order valence-corrected chi connectivity index (χ3v) is 3.45. The molecule has 0 unspecified atom stereocenters. The lowest BCUT2D eigenvalue weighted by Crippen LogP contribution is -2.40. The fourth-order valence-electron chi connectivity index (χ4n) is 2.17. The molecule has 1 aromatic heterocycles. The van der Waals surface area contributed by atoms with Crippen LogP contribution in [0.4, 0.5) is 0 Å². The molecule has 0 saturated carbocycles. The first-order chi connectivity index (χ1) is 8.75. The number of morpholine rings is 1. The minimum atomic E-state index is 0.00515. The molecule has 5 heteroatoms. The van der Waals surface area contributed by atoms with Gasteiger partial charge in [-0.25, -0.2) is 0 Å². The van der Waals surface area contributed by atoms with Crippen LogP contribution in [0, 0.1) is 0 Å². The number of aromatic amines is 1. The molecule has 1 aromatic carbocycles. The summed E-state index contributed by atoms with van der Waals surface area (Å²) in [4.78, 5) is 17.2. The average Bonchev–Trinajstić information content (AvgIpc) is 2.84. The Bertz CT molecular complexity index is 588. The minimum absolute atomic E-state index is 0.00515. The molecule has 1 amide bonds. The Morgan fingerprint density at radius 3 is 2.83 bits per heavy atom. The van der Waals surface area contributed by atoms with Gasteiger partial charge in [-0.2, -0.15) is 0 Å². The Kier molecular flexibility index (Phi) is 2.97. The van der Waals surface area contributed by atoms with Crippen molar-refractivity contribution >= 4 is 28.4 Å². The number of ether oxygens (including phenoxy) is 1. The first-order valence-corrected chi connectivity index (χ1v) is 6.28. The number of carbonyl (C=O) groups excluding carboxylic acids is 1. The van der Waals surface area contributed by atoms with Crippen LogP contribution in [0.15, 0.2) is 24.3 Å². The Labute approximate surface area is 109 Å². The van der Waals surface area contributed by atoms with E-state index in [0.29, 0.717) is 37.0 Å². The Hall–Kier alpha value is -1.52. The molecule has 0 aliphatic carbocycles. The van der Waals surface area contributed by atoms with Gasteiger partial charge in [-0.15, -0.1) is 0 Å². The summed E-state index contributed by atoms with van der Waals surface area (Å²) in [5.41, 5.74) is 1.40. The Balaban J connectivity index is 1.94. The topological polar surface area (TPSA) is 45.3 Å². The molecule has 1 aliphatic rings. The fraction of sp³-hybridized carbons (Fsp3) is 0.308. The molecule has 3 rings (SSSR count). The van der Waals surface area contributed by atoms with Crippen LogP contribution in [0.1, 0.15) is 10.5 Å². The summed E-state index contributed by atoms with van der Waals surface area (Å²) >= 11 is 6.08. The summed E-state index contributed by atoms with van der Waals surface area (Å²) in [7, 11) is 0. The second-order valence-corrected chi connectivity index (χ2v) is 4.70. The van der Waals surface area contributed by atoms with Crippen LogP contribution in [0.25, 0.3) is 10.9 Å². The van der Waals surface area contributed by atoms with Gasteiger partial charge in [-0.3, -0.25) is 4.79 Å². The van der Waals surface area contributed by atoms with Gasteiger partial charge in [-0.05, 0) is 12.1 Å². The highest BCUT2D eigenvalue weighted by molar-refractivity contribution is 6.35. The summed E-state index contributed by atoms with van der Waals surface area (Å²) in [6.45, 7) is 2.49. The lowest BCUT2D eigenvalue weighted by molar-refractivity contribution is 0.0299. The molecule has 0 radical (unpaired) electrons. The number of para-hydroxylation sites is 1. The summed E-state index contributed by atoms with van der Waals surface area (Å²) in [6.07, 6.45) is 0. The standard InChI is InChI=1S/C13H13ClN2O2/c14-10-3-1-2-9-8-11(15-12(9)10)13(17)16-4-6-18-7-5-16/h1-3,8,15H,4-7H2. The number of halogens is 1. The van der Waals surface area contributed by atoms with Crippen LogP contribution in [-0.2, 0) is 4.74 Å². The van der Waals surface area contributed by atoms with E-state index < -0.39 is 0 Å². The van der Waals surface area contributed by atoms with Crippen LogP contribution in [-0.4, -0.2) is 42.1 Å². The first kappa shape index (κ1) is 11.6. The molecule has 0 atom stereocenters. The molecular formula is C13H13ClN2O2. The van der Waals surface area contributed by atoms with E-state index in [9.17, 15) is 4.79 Å². The smallest absolute Gasteiger partial charge is 0.270 e. The third kappa shape index (κ3) is 1.98. The summed E-state index contributed by atoms with van der Waals surface area (Å²) in [5.74, 6) is 0.00515. The van der Waals surface area contributed by atoms with Gasteiger partial charge in [0.25, 0.3) is 5.91 Å². The molecule has 1 aliphatic heterocycles. The van der Waals surface area contributed by atoms with Gasteiger partial charge in [0.1, 0.15) is 5.69 Å². The predicted octanol–water partition coefficient (Wildman–Crippen LogP) is 2.29. The molecule has 0 spiro atoms. The number of hydrogen-bond acceptors (Lipinski definition) is 2. The normalized spacial score (nSPS) is 16.2.